The van der Waals surface area contributed by atoms with Crippen molar-refractivity contribution in [3.8, 4) is 5.75 Å². The van der Waals surface area contributed by atoms with Gasteiger partial charge in [0.2, 0.25) is 0 Å². The minimum absolute atomic E-state index is 0.0816. The van der Waals surface area contributed by atoms with E-state index in [2.05, 4.69) is 5.32 Å². The summed E-state index contributed by atoms with van der Waals surface area (Å²) < 4.78 is 73.4. The van der Waals surface area contributed by atoms with Gasteiger partial charge >= 0.3 is 6.18 Å². The highest BCUT2D eigenvalue weighted by Gasteiger charge is 2.33. The Kier molecular flexibility index (Phi) is 8.25. The third-order valence-electron chi connectivity index (χ3n) is 5.78. The molecule has 4 rings (SSSR count). The predicted octanol–water partition coefficient (Wildman–Crippen LogP) is 6.43. The molecular weight excluding hydrogens is 529 g/mol. The largest absolute Gasteiger partial charge is 0.484 e. The number of hydrogen-bond acceptors (Lipinski definition) is 4. The van der Waals surface area contributed by atoms with E-state index in [0.717, 1.165) is 23.3 Å². The third kappa shape index (κ3) is 6.97. The molecule has 0 aliphatic heterocycles. The molecule has 0 atom stereocenters. The first kappa shape index (κ1) is 27.7. The predicted molar refractivity (Wildman–Crippen MR) is 143 cm³/mol. The summed E-state index contributed by atoms with van der Waals surface area (Å²) in [5, 5.41) is 2.21. The van der Waals surface area contributed by atoms with Crippen LogP contribution in [0.3, 0.4) is 0 Å². The van der Waals surface area contributed by atoms with Gasteiger partial charge in [0.05, 0.1) is 28.4 Å². The number of para-hydroxylation sites is 1. The number of sulfonamides is 1. The molecule has 4 aromatic carbocycles. The van der Waals surface area contributed by atoms with Crippen LogP contribution in [0.1, 0.15) is 16.7 Å². The van der Waals surface area contributed by atoms with Crippen LogP contribution in [-0.2, 0) is 27.5 Å². The molecule has 1 N–H and O–H groups in total. The van der Waals surface area contributed by atoms with Gasteiger partial charge in [-0.3, -0.25) is 9.10 Å². The van der Waals surface area contributed by atoms with Crippen LogP contribution >= 0.6 is 0 Å². The summed E-state index contributed by atoms with van der Waals surface area (Å²) in [5.74, 6) is -0.533. The number of nitrogens with one attached hydrogen (secondary N) is 1. The van der Waals surface area contributed by atoms with Gasteiger partial charge in [0.15, 0.2) is 6.61 Å². The Labute approximate surface area is 224 Å². The van der Waals surface area contributed by atoms with Crippen LogP contribution < -0.4 is 14.4 Å². The number of hydrogen-bond donors (Lipinski definition) is 1. The minimum Gasteiger partial charge on any atom is -0.484 e. The maximum Gasteiger partial charge on any atom is 0.418 e. The molecule has 6 nitrogen and oxygen atoms in total. The first-order valence-electron chi connectivity index (χ1n) is 11.9. The monoisotopic (exact) mass is 554 g/mol. The maximum absolute atomic E-state index is 13.6. The van der Waals surface area contributed by atoms with Crippen molar-refractivity contribution in [3.63, 3.8) is 0 Å². The van der Waals surface area contributed by atoms with Gasteiger partial charge in [-0.05, 0) is 61.0 Å². The van der Waals surface area contributed by atoms with Gasteiger partial charge in [0, 0.05) is 0 Å². The fraction of sp³-hybridized carbons (Fsp3) is 0.138. The normalized spacial score (nSPS) is 11.6. The zero-order chi connectivity index (χ0) is 28.0. The number of carbonyl (C=O) groups excluding carboxylic acids is 1. The second kappa shape index (κ2) is 11.6. The van der Waals surface area contributed by atoms with E-state index in [-0.39, 0.29) is 22.9 Å². The van der Waals surface area contributed by atoms with E-state index >= 15 is 0 Å². The number of ether oxygens (including phenoxy) is 1. The zero-order valence-electron chi connectivity index (χ0n) is 20.9. The third-order valence-corrected chi connectivity index (χ3v) is 7.57. The molecular formula is C29H25F3N2O4S. The van der Waals surface area contributed by atoms with E-state index in [4.69, 9.17) is 4.74 Å². The van der Waals surface area contributed by atoms with Gasteiger partial charge in [-0.25, -0.2) is 8.42 Å². The molecule has 0 heterocycles. The van der Waals surface area contributed by atoms with E-state index in [1.165, 1.54) is 28.6 Å². The SMILES string of the molecule is Cc1ccc(S(=O)(=O)N(Cc2ccccc2)c2ccc(OCC(=O)Nc3ccccc3C(F)(F)F)cc2)cc1. The van der Waals surface area contributed by atoms with Crippen LogP contribution in [0.4, 0.5) is 24.5 Å². The Morgan fingerprint density at radius 3 is 2.10 bits per heavy atom. The summed E-state index contributed by atoms with van der Waals surface area (Å²) in [4.78, 5) is 12.4. The number of benzene rings is 4. The zero-order valence-corrected chi connectivity index (χ0v) is 21.7. The number of alkyl halides is 3. The fourth-order valence-electron chi connectivity index (χ4n) is 3.78. The number of amides is 1. The van der Waals surface area contributed by atoms with Crippen molar-refractivity contribution < 1.29 is 31.1 Å². The van der Waals surface area contributed by atoms with Gasteiger partial charge in [-0.15, -0.1) is 0 Å². The number of rotatable bonds is 9. The standard InChI is InChI=1S/C29H25F3N2O4S/c1-21-11-17-25(18-12-21)39(36,37)34(19-22-7-3-2-4-8-22)23-13-15-24(16-14-23)38-20-28(35)33-27-10-6-5-9-26(27)29(30,31)32/h2-18H,19-20H2,1H3,(H,33,35). The Morgan fingerprint density at radius 2 is 1.46 bits per heavy atom. The first-order chi connectivity index (χ1) is 18.5. The highest BCUT2D eigenvalue weighted by atomic mass is 32.2. The highest BCUT2D eigenvalue weighted by Crippen LogP contribution is 2.34. The molecule has 0 saturated heterocycles. The summed E-state index contributed by atoms with van der Waals surface area (Å²) in [6, 6.07) is 26.4. The second-order valence-corrected chi connectivity index (χ2v) is 10.5. The smallest absolute Gasteiger partial charge is 0.418 e. The molecule has 10 heteroatoms. The number of anilines is 2. The Hall–Kier alpha value is -4.31. The first-order valence-corrected chi connectivity index (χ1v) is 13.3. The van der Waals surface area contributed by atoms with Gasteiger partial charge in [-0.1, -0.05) is 60.2 Å². The molecule has 0 aliphatic rings. The minimum atomic E-state index is -4.62. The number of carbonyl (C=O) groups is 1. The second-order valence-electron chi connectivity index (χ2n) is 8.68. The van der Waals surface area contributed by atoms with Gasteiger partial charge in [-0.2, -0.15) is 13.2 Å². The lowest BCUT2D eigenvalue weighted by Crippen LogP contribution is -2.30. The average molecular weight is 555 g/mol. The molecule has 0 fully saturated rings. The molecule has 202 valence electrons. The maximum atomic E-state index is 13.6. The van der Waals surface area contributed by atoms with Gasteiger partial charge in [0.25, 0.3) is 15.9 Å². The van der Waals surface area contributed by atoms with Crippen LogP contribution in [0, 0.1) is 6.92 Å². The van der Waals surface area contributed by atoms with E-state index in [0.29, 0.717) is 5.69 Å². The number of nitrogens with zero attached hydrogens (tertiary/aromatic N) is 1. The molecule has 0 radical (unpaired) electrons. The molecule has 0 unspecified atom stereocenters. The van der Waals surface area contributed by atoms with Crippen LogP contribution in [-0.4, -0.2) is 20.9 Å². The summed E-state index contributed by atoms with van der Waals surface area (Å²) >= 11 is 0. The van der Waals surface area contributed by atoms with E-state index in [1.54, 1.807) is 36.4 Å². The van der Waals surface area contributed by atoms with E-state index in [9.17, 15) is 26.4 Å². The highest BCUT2D eigenvalue weighted by molar-refractivity contribution is 7.92. The average Bonchev–Trinajstić information content (AvgIpc) is 2.91. The van der Waals surface area contributed by atoms with Crippen molar-refractivity contribution in [2.75, 3.05) is 16.2 Å². The van der Waals surface area contributed by atoms with Crippen molar-refractivity contribution in [2.24, 2.45) is 0 Å². The Bertz CT molecular complexity index is 1520. The number of halogens is 3. The molecule has 0 saturated carbocycles. The molecule has 1 amide bonds. The van der Waals surface area contributed by atoms with Gasteiger partial charge < -0.3 is 10.1 Å². The van der Waals surface area contributed by atoms with Crippen LogP contribution in [0.5, 0.6) is 5.75 Å². The van der Waals surface area contributed by atoms with Crippen molar-refractivity contribution in [2.45, 2.75) is 24.5 Å². The van der Waals surface area contributed by atoms with Crippen LogP contribution in [0.25, 0.3) is 0 Å². The Balaban J connectivity index is 1.50. The molecule has 0 bridgehead atoms. The van der Waals surface area contributed by atoms with E-state index < -0.39 is 34.3 Å². The number of aryl methyl sites for hydroxylation is 1. The van der Waals surface area contributed by atoms with E-state index in [1.807, 2.05) is 37.3 Å². The lowest BCUT2D eigenvalue weighted by molar-refractivity contribution is -0.137. The molecule has 0 spiro atoms. The molecule has 39 heavy (non-hydrogen) atoms. The molecule has 4 aromatic rings. The van der Waals surface area contributed by atoms with Crippen molar-refractivity contribution in [1.29, 1.82) is 0 Å². The van der Waals surface area contributed by atoms with Gasteiger partial charge in [0.1, 0.15) is 5.75 Å². The Morgan fingerprint density at radius 1 is 0.846 bits per heavy atom. The molecule has 0 aromatic heterocycles. The topological polar surface area (TPSA) is 75.7 Å². The van der Waals surface area contributed by atoms with Crippen molar-refractivity contribution >= 4 is 27.3 Å². The fourth-order valence-corrected chi connectivity index (χ4v) is 5.24. The van der Waals surface area contributed by atoms with Crippen LogP contribution in [0.15, 0.2) is 108 Å². The quantitative estimate of drug-likeness (QED) is 0.259. The summed E-state index contributed by atoms with van der Waals surface area (Å²) in [6.07, 6.45) is -4.62. The molecule has 0 aliphatic carbocycles. The van der Waals surface area contributed by atoms with Crippen molar-refractivity contribution in [1.82, 2.24) is 0 Å². The lowest BCUT2D eigenvalue weighted by Gasteiger charge is -2.25. The van der Waals surface area contributed by atoms with Crippen molar-refractivity contribution in [3.05, 3.63) is 120 Å². The lowest BCUT2D eigenvalue weighted by atomic mass is 10.1. The summed E-state index contributed by atoms with van der Waals surface area (Å²) in [7, 11) is -3.92. The summed E-state index contributed by atoms with van der Waals surface area (Å²) in [5.41, 5.74) is 0.749. The van der Waals surface area contributed by atoms with Crippen LogP contribution in [0.2, 0.25) is 0 Å². The summed E-state index contributed by atoms with van der Waals surface area (Å²) in [6.45, 7) is 1.41.